The minimum Gasteiger partial charge on any atom is -0.355 e. The average molecular weight is 380 g/mol. The van der Waals surface area contributed by atoms with E-state index in [2.05, 4.69) is 52.7 Å². The summed E-state index contributed by atoms with van der Waals surface area (Å²) >= 11 is 1.76. The maximum Gasteiger partial charge on any atom is 0.234 e. The number of benzene rings is 2. The number of aromatic nitrogens is 1. The average Bonchev–Trinajstić information content (AvgIpc) is 3.32. The van der Waals surface area contributed by atoms with Crippen molar-refractivity contribution >= 4 is 27.5 Å². The van der Waals surface area contributed by atoms with Crippen LogP contribution in [0.5, 0.6) is 0 Å². The molecule has 1 aliphatic heterocycles. The molecule has 1 aliphatic rings. The Morgan fingerprint density at radius 2 is 1.96 bits per heavy atom. The van der Waals surface area contributed by atoms with Crippen molar-refractivity contribution < 1.29 is 4.79 Å². The van der Waals surface area contributed by atoms with Crippen LogP contribution in [0.15, 0.2) is 54.6 Å². The summed E-state index contributed by atoms with van der Waals surface area (Å²) < 4.78 is 1.23. The van der Waals surface area contributed by atoms with Crippen LogP contribution in [0.1, 0.15) is 35.9 Å². The molecule has 1 amide bonds. The van der Waals surface area contributed by atoms with Gasteiger partial charge in [0.1, 0.15) is 5.01 Å². The molecule has 1 atom stereocenters. The second-order valence-corrected chi connectivity index (χ2v) is 8.15. The molecule has 4 rings (SSSR count). The lowest BCUT2D eigenvalue weighted by atomic mass is 10.1. The molecular formula is C22H25N3OS. The van der Waals surface area contributed by atoms with Gasteiger partial charge in [0.05, 0.1) is 22.8 Å². The fourth-order valence-electron chi connectivity index (χ4n) is 3.73. The summed E-state index contributed by atoms with van der Waals surface area (Å²) in [7, 11) is 0. The molecule has 3 aromatic rings. The van der Waals surface area contributed by atoms with E-state index in [0.717, 1.165) is 49.3 Å². The number of thiazole rings is 1. The molecule has 0 saturated carbocycles. The van der Waals surface area contributed by atoms with Gasteiger partial charge in [0.2, 0.25) is 5.91 Å². The molecule has 0 radical (unpaired) electrons. The number of para-hydroxylation sites is 1. The Morgan fingerprint density at radius 3 is 2.81 bits per heavy atom. The Hall–Kier alpha value is -2.24. The first-order chi connectivity index (χ1) is 13.3. The molecule has 1 N–H and O–H groups in total. The van der Waals surface area contributed by atoms with E-state index in [4.69, 9.17) is 4.98 Å². The van der Waals surface area contributed by atoms with Crippen LogP contribution < -0.4 is 5.32 Å². The zero-order chi connectivity index (χ0) is 18.5. The zero-order valence-electron chi connectivity index (χ0n) is 15.4. The number of aryl methyl sites for hydroxylation is 1. The van der Waals surface area contributed by atoms with Gasteiger partial charge in [-0.05, 0) is 49.9 Å². The summed E-state index contributed by atoms with van der Waals surface area (Å²) in [6.07, 6.45) is 4.18. The normalized spacial score (nSPS) is 17.4. The number of nitrogens with one attached hydrogen (secondary N) is 1. The topological polar surface area (TPSA) is 45.2 Å². The number of hydrogen-bond acceptors (Lipinski definition) is 4. The van der Waals surface area contributed by atoms with Crippen molar-refractivity contribution in [1.29, 1.82) is 0 Å². The van der Waals surface area contributed by atoms with Crippen LogP contribution in [0.4, 0.5) is 0 Å². The third-order valence-corrected chi connectivity index (χ3v) is 6.25. The zero-order valence-corrected chi connectivity index (χ0v) is 16.3. The van der Waals surface area contributed by atoms with Gasteiger partial charge in [0, 0.05) is 6.54 Å². The molecular weight excluding hydrogens is 354 g/mol. The Balaban J connectivity index is 1.28. The minimum absolute atomic E-state index is 0.121. The molecule has 0 spiro atoms. The lowest BCUT2D eigenvalue weighted by Gasteiger charge is -2.22. The quantitative estimate of drug-likeness (QED) is 0.626. The molecule has 140 valence electrons. The van der Waals surface area contributed by atoms with Gasteiger partial charge < -0.3 is 5.32 Å². The highest BCUT2D eigenvalue weighted by Crippen LogP contribution is 2.36. The van der Waals surface area contributed by atoms with Crippen molar-refractivity contribution in [3.05, 3.63) is 65.2 Å². The van der Waals surface area contributed by atoms with Crippen molar-refractivity contribution in [1.82, 2.24) is 15.2 Å². The van der Waals surface area contributed by atoms with Gasteiger partial charge in [-0.15, -0.1) is 11.3 Å². The van der Waals surface area contributed by atoms with Crippen LogP contribution in [0, 0.1) is 0 Å². The monoisotopic (exact) mass is 379 g/mol. The molecule has 1 unspecified atom stereocenters. The van der Waals surface area contributed by atoms with E-state index in [1.165, 1.54) is 10.3 Å². The third kappa shape index (κ3) is 4.54. The maximum atomic E-state index is 12.4. The molecule has 5 heteroatoms. The van der Waals surface area contributed by atoms with Crippen molar-refractivity contribution in [3.8, 4) is 0 Å². The highest BCUT2D eigenvalue weighted by molar-refractivity contribution is 7.18. The van der Waals surface area contributed by atoms with Gasteiger partial charge in [0.15, 0.2) is 0 Å². The van der Waals surface area contributed by atoms with Crippen molar-refractivity contribution in [2.75, 3.05) is 19.6 Å². The van der Waals surface area contributed by atoms with Gasteiger partial charge in [0.25, 0.3) is 0 Å². The van der Waals surface area contributed by atoms with E-state index in [9.17, 15) is 4.79 Å². The summed E-state index contributed by atoms with van der Waals surface area (Å²) in [6, 6.07) is 19.0. The molecule has 4 nitrogen and oxygen atoms in total. The highest BCUT2D eigenvalue weighted by atomic mass is 32.1. The van der Waals surface area contributed by atoms with Crippen LogP contribution in [-0.2, 0) is 11.2 Å². The molecule has 0 aliphatic carbocycles. The number of carbonyl (C=O) groups is 1. The van der Waals surface area contributed by atoms with Gasteiger partial charge in [-0.2, -0.15) is 0 Å². The fraction of sp³-hybridized carbons (Fsp3) is 0.364. The van der Waals surface area contributed by atoms with E-state index >= 15 is 0 Å². The van der Waals surface area contributed by atoms with Gasteiger partial charge >= 0.3 is 0 Å². The number of fused-ring (bicyclic) bond motifs is 1. The summed E-state index contributed by atoms with van der Waals surface area (Å²) in [5.41, 5.74) is 2.39. The SMILES string of the molecule is O=C(CN1CCCC1c1nc2ccccc2s1)NCCCc1ccccc1. The smallest absolute Gasteiger partial charge is 0.234 e. The Morgan fingerprint density at radius 1 is 1.15 bits per heavy atom. The second-order valence-electron chi connectivity index (χ2n) is 7.09. The van der Waals surface area contributed by atoms with Crippen LogP contribution in [0.3, 0.4) is 0 Å². The van der Waals surface area contributed by atoms with Crippen LogP contribution in [-0.4, -0.2) is 35.4 Å². The van der Waals surface area contributed by atoms with E-state index < -0.39 is 0 Å². The fourth-order valence-corrected chi connectivity index (χ4v) is 4.87. The number of nitrogens with zero attached hydrogens (tertiary/aromatic N) is 2. The molecule has 2 heterocycles. The van der Waals surface area contributed by atoms with E-state index in [1.807, 2.05) is 12.1 Å². The predicted molar refractivity (Wildman–Crippen MR) is 111 cm³/mol. The largest absolute Gasteiger partial charge is 0.355 e. The first-order valence-electron chi connectivity index (χ1n) is 9.70. The third-order valence-electron chi connectivity index (χ3n) is 5.11. The Kier molecular flexibility index (Phi) is 5.80. The summed E-state index contributed by atoms with van der Waals surface area (Å²) in [4.78, 5) is 19.5. The lowest BCUT2D eigenvalue weighted by Crippen LogP contribution is -2.37. The minimum atomic E-state index is 0.121. The van der Waals surface area contributed by atoms with Gasteiger partial charge in [-0.1, -0.05) is 42.5 Å². The Labute approximate surface area is 164 Å². The first-order valence-corrected chi connectivity index (χ1v) is 10.5. The van der Waals surface area contributed by atoms with Crippen LogP contribution >= 0.6 is 11.3 Å². The summed E-state index contributed by atoms with van der Waals surface area (Å²) in [5, 5.41) is 4.22. The number of hydrogen-bond donors (Lipinski definition) is 1. The summed E-state index contributed by atoms with van der Waals surface area (Å²) in [5.74, 6) is 0.121. The lowest BCUT2D eigenvalue weighted by molar-refractivity contribution is -0.122. The molecule has 1 aromatic heterocycles. The highest BCUT2D eigenvalue weighted by Gasteiger charge is 2.29. The number of rotatable bonds is 7. The molecule has 2 aromatic carbocycles. The van der Waals surface area contributed by atoms with E-state index in [-0.39, 0.29) is 11.9 Å². The molecule has 27 heavy (non-hydrogen) atoms. The van der Waals surface area contributed by atoms with E-state index in [0.29, 0.717) is 6.54 Å². The standard InChI is InChI=1S/C22H25N3OS/c26-21(23-14-6-10-17-8-2-1-3-9-17)16-25-15-7-12-19(25)22-24-18-11-4-5-13-20(18)27-22/h1-5,8-9,11,13,19H,6-7,10,12,14-16H2,(H,23,26). The van der Waals surface area contributed by atoms with Crippen molar-refractivity contribution in [2.45, 2.75) is 31.7 Å². The predicted octanol–water partition coefficient (Wildman–Crippen LogP) is 4.18. The molecule has 0 bridgehead atoms. The van der Waals surface area contributed by atoms with Gasteiger partial charge in [-0.3, -0.25) is 9.69 Å². The van der Waals surface area contributed by atoms with Crippen LogP contribution in [0.25, 0.3) is 10.2 Å². The first kappa shape index (κ1) is 18.1. The van der Waals surface area contributed by atoms with Crippen molar-refractivity contribution in [3.63, 3.8) is 0 Å². The molecule has 1 saturated heterocycles. The maximum absolute atomic E-state index is 12.4. The second kappa shape index (κ2) is 8.63. The van der Waals surface area contributed by atoms with Crippen LogP contribution in [0.2, 0.25) is 0 Å². The molecule has 1 fully saturated rings. The number of likely N-dealkylation sites (tertiary alicyclic amines) is 1. The van der Waals surface area contributed by atoms with Crippen molar-refractivity contribution in [2.24, 2.45) is 0 Å². The number of amides is 1. The number of carbonyl (C=O) groups excluding carboxylic acids is 1. The Bertz CT molecular complexity index is 860. The van der Waals surface area contributed by atoms with E-state index in [1.54, 1.807) is 11.3 Å². The van der Waals surface area contributed by atoms with Gasteiger partial charge in [-0.25, -0.2) is 4.98 Å². The summed E-state index contributed by atoms with van der Waals surface area (Å²) in [6.45, 7) is 2.16.